The molecule has 0 saturated heterocycles. The molecule has 0 aliphatic heterocycles. The molecule has 8 heteroatoms. The summed E-state index contributed by atoms with van der Waals surface area (Å²) in [6, 6.07) is 13.7. The second-order valence-corrected chi connectivity index (χ2v) is 6.02. The highest BCUT2D eigenvalue weighted by Gasteiger charge is 2.19. The van der Waals surface area contributed by atoms with Crippen molar-refractivity contribution in [3.8, 4) is 11.5 Å². The normalized spacial score (nSPS) is 10.5. The summed E-state index contributed by atoms with van der Waals surface area (Å²) in [6.45, 7) is -0.495. The Kier molecular flexibility index (Phi) is 5.13. The number of halogens is 2. The van der Waals surface area contributed by atoms with Crippen molar-refractivity contribution in [2.24, 2.45) is 0 Å². The molecular formula is C18H11BrFNO5. The van der Waals surface area contributed by atoms with E-state index in [-0.39, 0.29) is 0 Å². The molecule has 0 fully saturated rings. The maximum absolute atomic E-state index is 13.3. The highest BCUT2D eigenvalue weighted by molar-refractivity contribution is 9.10. The average molecular weight is 420 g/mol. The second kappa shape index (κ2) is 7.49. The molecule has 3 rings (SSSR count). The van der Waals surface area contributed by atoms with Gasteiger partial charge in [-0.05, 0) is 38.8 Å². The Bertz CT molecular complexity index is 1010. The summed E-state index contributed by atoms with van der Waals surface area (Å²) in [5.41, 5.74) is -0.508. The Morgan fingerprint density at radius 2 is 1.88 bits per heavy atom. The fourth-order valence-corrected chi connectivity index (χ4v) is 2.94. The van der Waals surface area contributed by atoms with Gasteiger partial charge in [0.05, 0.1) is 9.40 Å². The lowest BCUT2D eigenvalue weighted by Crippen LogP contribution is -2.18. The monoisotopic (exact) mass is 419 g/mol. The van der Waals surface area contributed by atoms with Gasteiger partial charge in [-0.2, -0.15) is 0 Å². The number of rotatable bonds is 5. The molecule has 0 amide bonds. The van der Waals surface area contributed by atoms with Crippen molar-refractivity contribution in [2.45, 2.75) is 0 Å². The van der Waals surface area contributed by atoms with Crippen LogP contribution in [0.2, 0.25) is 0 Å². The number of nitrogens with zero attached hydrogens (tertiary/aromatic N) is 1. The number of hydrogen-bond acceptors (Lipinski definition) is 5. The fourth-order valence-electron chi connectivity index (χ4n) is 2.33. The van der Waals surface area contributed by atoms with Crippen molar-refractivity contribution in [3.63, 3.8) is 0 Å². The number of carbonyl (C=O) groups excluding carboxylic acids is 1. The molecule has 0 aliphatic carbocycles. The molecule has 0 saturated carbocycles. The van der Waals surface area contributed by atoms with E-state index in [4.69, 9.17) is 9.47 Å². The minimum absolute atomic E-state index is 0.411. The fraction of sp³-hybridized carbons (Fsp3) is 0.0556. The molecule has 3 aromatic rings. The summed E-state index contributed by atoms with van der Waals surface area (Å²) in [6.07, 6.45) is 0. The van der Waals surface area contributed by atoms with Crippen LogP contribution in [0, 0.1) is 15.9 Å². The van der Waals surface area contributed by atoms with Crippen LogP contribution in [-0.4, -0.2) is 17.5 Å². The van der Waals surface area contributed by atoms with E-state index in [1.165, 1.54) is 0 Å². The minimum atomic E-state index is -0.890. The SMILES string of the molecule is O=C(COc1ccc2ccccc2c1Br)Oc1cc(F)ccc1[N+](=O)[O-]. The number of hydrogen-bond donors (Lipinski definition) is 0. The molecule has 0 heterocycles. The van der Waals surface area contributed by atoms with Gasteiger partial charge in [0.2, 0.25) is 5.75 Å². The van der Waals surface area contributed by atoms with Crippen LogP contribution < -0.4 is 9.47 Å². The first-order valence-electron chi connectivity index (χ1n) is 7.40. The van der Waals surface area contributed by atoms with Gasteiger partial charge in [0, 0.05) is 12.1 Å². The Labute approximate surface area is 155 Å². The van der Waals surface area contributed by atoms with Gasteiger partial charge in [-0.3, -0.25) is 10.1 Å². The lowest BCUT2D eigenvalue weighted by atomic mass is 10.1. The lowest BCUT2D eigenvalue weighted by Gasteiger charge is -2.10. The average Bonchev–Trinajstić information content (AvgIpc) is 2.61. The van der Waals surface area contributed by atoms with Crippen LogP contribution in [-0.2, 0) is 4.79 Å². The Balaban J connectivity index is 1.73. The van der Waals surface area contributed by atoms with Crippen LogP contribution in [0.15, 0.2) is 59.1 Å². The maximum atomic E-state index is 13.3. The number of fused-ring (bicyclic) bond motifs is 1. The smallest absolute Gasteiger partial charge is 0.349 e. The quantitative estimate of drug-likeness (QED) is 0.260. The number of benzene rings is 3. The van der Waals surface area contributed by atoms with Gasteiger partial charge in [0.1, 0.15) is 11.6 Å². The highest BCUT2D eigenvalue weighted by Crippen LogP contribution is 2.33. The Morgan fingerprint density at radius 1 is 1.12 bits per heavy atom. The van der Waals surface area contributed by atoms with Crippen LogP contribution in [0.4, 0.5) is 10.1 Å². The largest absolute Gasteiger partial charge is 0.481 e. The molecule has 0 radical (unpaired) electrons. The topological polar surface area (TPSA) is 78.7 Å². The number of carbonyl (C=O) groups is 1. The third kappa shape index (κ3) is 3.80. The third-order valence-corrected chi connectivity index (χ3v) is 4.33. The molecule has 0 aliphatic rings. The van der Waals surface area contributed by atoms with E-state index in [9.17, 15) is 19.3 Å². The molecule has 0 bridgehead atoms. The zero-order valence-electron chi connectivity index (χ0n) is 13.1. The first kappa shape index (κ1) is 17.8. The van der Waals surface area contributed by atoms with Crippen LogP contribution in [0.5, 0.6) is 11.5 Å². The first-order valence-corrected chi connectivity index (χ1v) is 8.19. The molecule has 26 heavy (non-hydrogen) atoms. The second-order valence-electron chi connectivity index (χ2n) is 5.23. The lowest BCUT2D eigenvalue weighted by molar-refractivity contribution is -0.385. The molecule has 132 valence electrons. The summed E-state index contributed by atoms with van der Waals surface area (Å²) >= 11 is 3.42. The maximum Gasteiger partial charge on any atom is 0.349 e. The van der Waals surface area contributed by atoms with E-state index >= 15 is 0 Å². The Hall–Kier alpha value is -3.00. The molecule has 0 atom stereocenters. The van der Waals surface area contributed by atoms with Gasteiger partial charge in [-0.15, -0.1) is 0 Å². The van der Waals surface area contributed by atoms with Gasteiger partial charge >= 0.3 is 11.7 Å². The number of nitro groups is 1. The van der Waals surface area contributed by atoms with Crippen molar-refractivity contribution in [1.82, 2.24) is 0 Å². The van der Waals surface area contributed by atoms with Crippen molar-refractivity contribution in [3.05, 3.63) is 75.0 Å². The van der Waals surface area contributed by atoms with E-state index in [2.05, 4.69) is 15.9 Å². The van der Waals surface area contributed by atoms with E-state index in [0.29, 0.717) is 10.2 Å². The van der Waals surface area contributed by atoms with Crippen LogP contribution in [0.3, 0.4) is 0 Å². The van der Waals surface area contributed by atoms with E-state index in [1.54, 1.807) is 6.07 Å². The van der Waals surface area contributed by atoms with Gasteiger partial charge in [0.25, 0.3) is 0 Å². The molecular weight excluding hydrogens is 409 g/mol. The first-order chi connectivity index (χ1) is 12.5. The summed E-state index contributed by atoms with van der Waals surface area (Å²) < 4.78 is 24.2. The zero-order chi connectivity index (χ0) is 18.7. The number of nitro benzene ring substituents is 1. The molecule has 0 unspecified atom stereocenters. The summed E-state index contributed by atoms with van der Waals surface area (Å²) in [4.78, 5) is 22.1. The van der Waals surface area contributed by atoms with Crippen molar-refractivity contribution in [1.29, 1.82) is 0 Å². The van der Waals surface area contributed by atoms with Crippen molar-refractivity contribution < 1.29 is 23.6 Å². The van der Waals surface area contributed by atoms with E-state index in [1.807, 2.05) is 30.3 Å². The van der Waals surface area contributed by atoms with Crippen molar-refractivity contribution in [2.75, 3.05) is 6.61 Å². The van der Waals surface area contributed by atoms with Crippen LogP contribution >= 0.6 is 15.9 Å². The third-order valence-electron chi connectivity index (χ3n) is 3.52. The summed E-state index contributed by atoms with van der Waals surface area (Å²) in [5, 5.41) is 12.8. The number of esters is 1. The van der Waals surface area contributed by atoms with E-state index < -0.39 is 34.8 Å². The molecule has 0 aromatic heterocycles. The molecule has 0 spiro atoms. The standard InChI is InChI=1S/C18H11BrFNO5/c19-18-13-4-2-1-3-11(13)5-8-15(18)25-10-17(22)26-16-9-12(20)6-7-14(16)21(23)24/h1-9H,10H2. The number of ether oxygens (including phenoxy) is 2. The predicted octanol–water partition coefficient (Wildman–Crippen LogP) is 4.63. The molecule has 6 nitrogen and oxygen atoms in total. The summed E-state index contributed by atoms with van der Waals surface area (Å²) in [5.74, 6) is -1.70. The highest BCUT2D eigenvalue weighted by atomic mass is 79.9. The molecule has 0 N–H and O–H groups in total. The van der Waals surface area contributed by atoms with Crippen LogP contribution in [0.1, 0.15) is 0 Å². The van der Waals surface area contributed by atoms with Gasteiger partial charge < -0.3 is 9.47 Å². The summed E-state index contributed by atoms with van der Waals surface area (Å²) in [7, 11) is 0. The predicted molar refractivity (Wildman–Crippen MR) is 95.8 cm³/mol. The van der Waals surface area contributed by atoms with Gasteiger partial charge in [-0.1, -0.05) is 30.3 Å². The van der Waals surface area contributed by atoms with Crippen molar-refractivity contribution >= 4 is 38.4 Å². The minimum Gasteiger partial charge on any atom is -0.481 e. The zero-order valence-corrected chi connectivity index (χ0v) is 14.7. The van der Waals surface area contributed by atoms with Gasteiger partial charge in [0.15, 0.2) is 6.61 Å². The van der Waals surface area contributed by atoms with Crippen LogP contribution in [0.25, 0.3) is 10.8 Å². The Morgan fingerprint density at radius 3 is 2.65 bits per heavy atom. The van der Waals surface area contributed by atoms with Gasteiger partial charge in [-0.25, -0.2) is 9.18 Å². The van der Waals surface area contributed by atoms with E-state index in [0.717, 1.165) is 29.0 Å². The molecule has 3 aromatic carbocycles.